The molecule has 5 N–H and O–H groups in total. The van der Waals surface area contributed by atoms with Gasteiger partial charge in [-0.05, 0) is 48.2 Å². The van der Waals surface area contributed by atoms with Crippen molar-refractivity contribution in [2.75, 3.05) is 20.3 Å². The Balaban J connectivity index is 0.000000394. The van der Waals surface area contributed by atoms with Crippen molar-refractivity contribution in [3.8, 4) is 11.5 Å². The van der Waals surface area contributed by atoms with E-state index in [9.17, 15) is 28.8 Å². The Bertz CT molecular complexity index is 2480. The van der Waals surface area contributed by atoms with E-state index in [1.54, 1.807) is 24.3 Å². The molecule has 6 aromatic rings. The molecule has 2 amide bonds. The predicted molar refractivity (Wildman–Crippen MR) is 225 cm³/mol. The van der Waals surface area contributed by atoms with Crippen molar-refractivity contribution in [1.82, 2.24) is 9.13 Å². The van der Waals surface area contributed by atoms with Gasteiger partial charge in [0.25, 0.3) is 23.4 Å². The van der Waals surface area contributed by atoms with Crippen LogP contribution in [-0.4, -0.2) is 69.9 Å². The number of ketones is 2. The minimum atomic E-state index is -1.14. The summed E-state index contributed by atoms with van der Waals surface area (Å²) in [5.41, 5.74) is 15.8. The van der Waals surface area contributed by atoms with Crippen molar-refractivity contribution in [3.05, 3.63) is 131 Å². The van der Waals surface area contributed by atoms with Crippen LogP contribution >= 0.6 is 0 Å². The zero-order valence-corrected chi connectivity index (χ0v) is 34.7. The molecule has 0 aliphatic rings. The van der Waals surface area contributed by atoms with Crippen LogP contribution in [0.4, 0.5) is 0 Å². The Morgan fingerprint density at radius 1 is 0.583 bits per heavy atom. The average Bonchev–Trinajstić information content (AvgIpc) is 3.71. The standard InChI is InChI=1S/C22H22N2O5.C21H20N2O5.2CH4.Na/c1-3-15-20(21(26)22(23)27)19-16(24(15)12-14-8-5-4-6-9-14)10-7-11-17(19)29-13-18(25)28-2;1-2-14-19(20(26)21(22)27)18-15(9-6-10-16(18)28-12-17(24)25)23(14)11-13-7-4-3-5-8-13;;;/h4-11H,3,12-13H2,1-2H3,(H2,23,27);3-10H,2,11-12H2,1H3,(H2,22,27)(H,24,25);2*1H4;/q;;;;+1. The fraction of sp³-hybridized carbons (Fsp3) is 0.244. The van der Waals surface area contributed by atoms with Crippen LogP contribution in [0.2, 0.25) is 0 Å². The molecule has 14 nitrogen and oxygen atoms in total. The van der Waals surface area contributed by atoms with Gasteiger partial charge in [-0.15, -0.1) is 0 Å². The zero-order chi connectivity index (χ0) is 41.2. The third-order valence-corrected chi connectivity index (χ3v) is 9.18. The van der Waals surface area contributed by atoms with Crippen LogP contribution in [0.3, 0.4) is 0 Å². The van der Waals surface area contributed by atoms with Crippen molar-refractivity contribution in [3.63, 3.8) is 0 Å². The molecule has 0 radical (unpaired) electrons. The molecule has 6 rings (SSSR count). The van der Waals surface area contributed by atoms with Gasteiger partial charge in [0, 0.05) is 24.5 Å². The van der Waals surface area contributed by atoms with Gasteiger partial charge in [0.05, 0.1) is 40.0 Å². The molecule has 2 aromatic heterocycles. The molecule has 15 heteroatoms. The van der Waals surface area contributed by atoms with Gasteiger partial charge in [0.1, 0.15) is 11.5 Å². The second-order valence-electron chi connectivity index (χ2n) is 12.7. The first-order valence-electron chi connectivity index (χ1n) is 18.0. The normalized spacial score (nSPS) is 10.2. The Morgan fingerprint density at radius 3 is 1.30 bits per heavy atom. The Labute approximate surface area is 370 Å². The Kier molecular flexibility index (Phi) is 19.0. The molecule has 0 aliphatic heterocycles. The van der Waals surface area contributed by atoms with Crippen LogP contribution in [0, 0.1) is 0 Å². The maximum Gasteiger partial charge on any atom is 1.00 e. The number of primary amides is 2. The van der Waals surface area contributed by atoms with Gasteiger partial charge in [-0.2, -0.15) is 0 Å². The number of hydrogen-bond donors (Lipinski definition) is 3. The van der Waals surface area contributed by atoms with Crippen LogP contribution in [0.15, 0.2) is 97.1 Å². The number of hydrogen-bond acceptors (Lipinski definition) is 9. The number of aromatic nitrogens is 2. The number of carbonyl (C=O) groups is 6. The first-order valence-corrected chi connectivity index (χ1v) is 18.0. The number of fused-ring (bicyclic) bond motifs is 2. The number of methoxy groups -OCH3 is 1. The van der Waals surface area contributed by atoms with Crippen LogP contribution in [0.5, 0.6) is 11.5 Å². The molecule has 0 saturated carbocycles. The summed E-state index contributed by atoms with van der Waals surface area (Å²) in [6.07, 6.45) is 0.987. The van der Waals surface area contributed by atoms with Gasteiger partial charge in [0.2, 0.25) is 0 Å². The third kappa shape index (κ3) is 11.1. The van der Waals surface area contributed by atoms with E-state index in [0.29, 0.717) is 59.4 Å². The van der Waals surface area contributed by atoms with E-state index in [1.165, 1.54) is 7.11 Å². The SMILES string of the molecule is C.C.CCc1c(C(=O)C(N)=O)c2c(OCC(=O)O)cccc2n1Cc1ccccc1.CCc1c(C(=O)C(N)=O)c2c(OCC(=O)OC)cccc2n1Cc1ccccc1.[Na+]. The number of carbonyl (C=O) groups excluding carboxylic acids is 5. The fourth-order valence-electron chi connectivity index (χ4n) is 6.78. The minimum absolute atomic E-state index is 0. The third-order valence-electron chi connectivity index (χ3n) is 9.18. The molecule has 0 spiro atoms. The molecule has 0 unspecified atom stereocenters. The molecule has 0 fully saturated rings. The number of carboxylic acid groups (broad SMARTS) is 1. The molecule has 0 bridgehead atoms. The van der Waals surface area contributed by atoms with Crippen LogP contribution in [0.25, 0.3) is 21.8 Å². The topological polar surface area (TPSA) is 212 Å². The smallest absolute Gasteiger partial charge is 0.481 e. The molecule has 2 heterocycles. The number of aliphatic carboxylic acids is 1. The number of nitrogens with zero attached hydrogens (tertiary/aromatic N) is 2. The van der Waals surface area contributed by atoms with Crippen molar-refractivity contribution in [2.45, 2.75) is 54.6 Å². The van der Waals surface area contributed by atoms with Gasteiger partial charge >= 0.3 is 41.5 Å². The van der Waals surface area contributed by atoms with E-state index >= 15 is 0 Å². The van der Waals surface area contributed by atoms with Crippen molar-refractivity contribution in [2.24, 2.45) is 11.5 Å². The first kappa shape index (κ1) is 49.9. The van der Waals surface area contributed by atoms with E-state index in [-0.39, 0.29) is 67.9 Å². The van der Waals surface area contributed by atoms with Gasteiger partial charge in [0.15, 0.2) is 13.2 Å². The summed E-state index contributed by atoms with van der Waals surface area (Å²) in [7, 11) is 1.26. The summed E-state index contributed by atoms with van der Waals surface area (Å²) in [6, 6.07) is 29.8. The number of carboxylic acids is 1. The first-order chi connectivity index (χ1) is 27.4. The number of esters is 1. The van der Waals surface area contributed by atoms with Crippen LogP contribution < -0.4 is 50.5 Å². The second-order valence-corrected chi connectivity index (χ2v) is 12.7. The summed E-state index contributed by atoms with van der Waals surface area (Å²) in [6.45, 7) is 3.90. The Morgan fingerprint density at radius 2 is 0.967 bits per heavy atom. The largest absolute Gasteiger partial charge is 1.00 e. The minimum Gasteiger partial charge on any atom is -0.481 e. The molecule has 0 saturated heterocycles. The Hall–Kier alpha value is -6.22. The van der Waals surface area contributed by atoms with E-state index in [1.807, 2.05) is 95.8 Å². The summed E-state index contributed by atoms with van der Waals surface area (Å²) in [5.74, 6) is -4.86. The number of ether oxygens (including phenoxy) is 3. The number of Topliss-reactive ketones (excluding diaryl/α,β-unsaturated/α-hetero) is 2. The molecular weight excluding hydrogens is 780 g/mol. The number of nitrogens with two attached hydrogens (primary N) is 2. The van der Waals surface area contributed by atoms with Crippen molar-refractivity contribution < 1.29 is 77.6 Å². The molecular formula is C45H50N4NaO10+. The average molecular weight is 830 g/mol. The summed E-state index contributed by atoms with van der Waals surface area (Å²) in [4.78, 5) is 71.2. The monoisotopic (exact) mass is 829 g/mol. The predicted octanol–water partition coefficient (Wildman–Crippen LogP) is 3.13. The van der Waals surface area contributed by atoms with Crippen molar-refractivity contribution in [1.29, 1.82) is 0 Å². The van der Waals surface area contributed by atoms with E-state index < -0.39 is 41.9 Å². The van der Waals surface area contributed by atoms with Gasteiger partial charge < -0.3 is 39.9 Å². The molecule has 0 aliphatic carbocycles. The summed E-state index contributed by atoms with van der Waals surface area (Å²) in [5, 5.41) is 9.81. The van der Waals surface area contributed by atoms with E-state index in [4.69, 9.17) is 26.0 Å². The molecule has 4 aromatic carbocycles. The number of benzene rings is 4. The maximum absolute atomic E-state index is 12.7. The van der Waals surface area contributed by atoms with Gasteiger partial charge in [-0.1, -0.05) is 101 Å². The summed E-state index contributed by atoms with van der Waals surface area (Å²) < 4.78 is 19.5. The van der Waals surface area contributed by atoms with E-state index in [0.717, 1.165) is 16.6 Å². The second kappa shape index (κ2) is 22.8. The molecule has 310 valence electrons. The number of amides is 2. The zero-order valence-electron chi connectivity index (χ0n) is 32.7. The number of rotatable bonds is 16. The quantitative estimate of drug-likeness (QED) is 0.0562. The van der Waals surface area contributed by atoms with Crippen LogP contribution in [0.1, 0.15) is 71.9 Å². The summed E-state index contributed by atoms with van der Waals surface area (Å²) >= 11 is 0. The molecule has 0 atom stereocenters. The van der Waals surface area contributed by atoms with Gasteiger partial charge in [-0.25, -0.2) is 9.59 Å². The van der Waals surface area contributed by atoms with Crippen LogP contribution in [-0.2, 0) is 49.8 Å². The maximum atomic E-state index is 12.7. The van der Waals surface area contributed by atoms with Crippen molar-refractivity contribution >= 4 is 57.1 Å². The fourth-order valence-corrected chi connectivity index (χ4v) is 6.78. The van der Waals surface area contributed by atoms with E-state index in [2.05, 4.69) is 4.74 Å². The molecule has 60 heavy (non-hydrogen) atoms. The van der Waals surface area contributed by atoms with Gasteiger partial charge in [-0.3, -0.25) is 19.2 Å².